The minimum absolute atomic E-state index is 0. The number of carbonyl (C=O) groups excluding carboxylic acids is 1. The maximum Gasteiger partial charge on any atom is 0.254 e. The van der Waals surface area contributed by atoms with Crippen LogP contribution < -0.4 is 10.6 Å². The number of halogens is 2. The third-order valence-electron chi connectivity index (χ3n) is 4.73. The molecular formula is C17H20BrClN4O. The molecule has 2 saturated heterocycles. The van der Waals surface area contributed by atoms with Crippen molar-refractivity contribution in [1.29, 1.82) is 0 Å². The number of amides is 1. The number of aromatic nitrogens is 2. The lowest BCUT2D eigenvalue weighted by molar-refractivity contribution is 0.0924. The first-order valence-corrected chi connectivity index (χ1v) is 8.84. The van der Waals surface area contributed by atoms with Crippen LogP contribution in [0.3, 0.4) is 0 Å². The van der Waals surface area contributed by atoms with Gasteiger partial charge in [0.2, 0.25) is 0 Å². The van der Waals surface area contributed by atoms with E-state index in [9.17, 15) is 4.79 Å². The van der Waals surface area contributed by atoms with Gasteiger partial charge in [-0.2, -0.15) is 5.10 Å². The largest absolute Gasteiger partial charge is 0.349 e. The number of rotatable bonds is 3. The van der Waals surface area contributed by atoms with Crippen molar-refractivity contribution in [3.8, 4) is 5.69 Å². The molecule has 2 aromatic rings. The van der Waals surface area contributed by atoms with Gasteiger partial charge < -0.3 is 10.6 Å². The number of fused-ring (bicyclic) bond motifs is 2. The van der Waals surface area contributed by atoms with E-state index in [1.54, 1.807) is 17.1 Å². The molecule has 2 atom stereocenters. The van der Waals surface area contributed by atoms with E-state index in [1.807, 2.05) is 24.3 Å². The van der Waals surface area contributed by atoms with Crippen LogP contribution in [0.5, 0.6) is 0 Å². The third-order valence-corrected chi connectivity index (χ3v) is 5.22. The van der Waals surface area contributed by atoms with Gasteiger partial charge in [-0.15, -0.1) is 12.4 Å². The van der Waals surface area contributed by atoms with Gasteiger partial charge in [-0.25, -0.2) is 4.68 Å². The van der Waals surface area contributed by atoms with Gasteiger partial charge >= 0.3 is 0 Å². The molecule has 5 nitrogen and oxygen atoms in total. The van der Waals surface area contributed by atoms with E-state index >= 15 is 0 Å². The van der Waals surface area contributed by atoms with E-state index in [1.165, 1.54) is 12.8 Å². The van der Waals surface area contributed by atoms with Crippen LogP contribution in [0.15, 0.2) is 41.1 Å². The first-order chi connectivity index (χ1) is 11.2. The number of hydrogen-bond donors (Lipinski definition) is 2. The molecule has 2 aliphatic heterocycles. The van der Waals surface area contributed by atoms with Crippen LogP contribution in [0.2, 0.25) is 0 Å². The first-order valence-electron chi connectivity index (χ1n) is 8.05. The monoisotopic (exact) mass is 410 g/mol. The van der Waals surface area contributed by atoms with Crippen molar-refractivity contribution in [1.82, 2.24) is 20.4 Å². The second-order valence-electron chi connectivity index (χ2n) is 6.43. The fourth-order valence-electron chi connectivity index (χ4n) is 3.64. The minimum Gasteiger partial charge on any atom is -0.349 e. The Morgan fingerprint density at radius 3 is 2.75 bits per heavy atom. The quantitative estimate of drug-likeness (QED) is 0.816. The topological polar surface area (TPSA) is 59.0 Å². The van der Waals surface area contributed by atoms with Crippen molar-refractivity contribution in [2.24, 2.45) is 0 Å². The van der Waals surface area contributed by atoms with Crippen LogP contribution in [0.4, 0.5) is 0 Å². The minimum atomic E-state index is -0.0300. The molecule has 2 unspecified atom stereocenters. The predicted molar refractivity (Wildman–Crippen MR) is 98.9 cm³/mol. The molecule has 0 spiro atoms. The highest BCUT2D eigenvalue weighted by molar-refractivity contribution is 9.10. The van der Waals surface area contributed by atoms with Gasteiger partial charge in [-0.05, 0) is 43.9 Å². The van der Waals surface area contributed by atoms with E-state index in [-0.39, 0.29) is 24.4 Å². The summed E-state index contributed by atoms with van der Waals surface area (Å²) in [5, 5.41) is 11.1. The summed E-state index contributed by atoms with van der Waals surface area (Å²) < 4.78 is 2.72. The van der Waals surface area contributed by atoms with Gasteiger partial charge in [0, 0.05) is 28.8 Å². The molecule has 0 radical (unpaired) electrons. The summed E-state index contributed by atoms with van der Waals surface area (Å²) in [5.74, 6) is -0.0300. The van der Waals surface area contributed by atoms with Gasteiger partial charge in [-0.3, -0.25) is 4.79 Å². The van der Waals surface area contributed by atoms with E-state index in [4.69, 9.17) is 0 Å². The lowest BCUT2D eigenvalue weighted by atomic mass is 9.99. The van der Waals surface area contributed by atoms with Crippen LogP contribution in [0.25, 0.3) is 5.69 Å². The Hall–Kier alpha value is -1.37. The zero-order valence-electron chi connectivity index (χ0n) is 13.1. The van der Waals surface area contributed by atoms with Crippen molar-refractivity contribution >= 4 is 34.2 Å². The van der Waals surface area contributed by atoms with E-state index < -0.39 is 0 Å². The molecule has 0 aliphatic carbocycles. The number of nitrogens with zero attached hydrogens (tertiary/aromatic N) is 2. The summed E-state index contributed by atoms with van der Waals surface area (Å²) in [5.41, 5.74) is 1.54. The predicted octanol–water partition coefficient (Wildman–Crippen LogP) is 3.07. The first kappa shape index (κ1) is 17.5. The SMILES string of the molecule is Cl.O=C(NC1CC2CCC(C1)N2)c1cnn(-c2cccc(Br)c2)c1. The lowest BCUT2D eigenvalue weighted by Gasteiger charge is -2.29. The van der Waals surface area contributed by atoms with E-state index in [0.29, 0.717) is 17.6 Å². The number of carbonyl (C=O) groups is 1. The highest BCUT2D eigenvalue weighted by Crippen LogP contribution is 2.27. The molecule has 1 amide bonds. The summed E-state index contributed by atoms with van der Waals surface area (Å²) in [4.78, 5) is 12.5. The maximum atomic E-state index is 12.5. The Kier molecular flexibility index (Phi) is 5.27. The van der Waals surface area contributed by atoms with Gasteiger partial charge in [-0.1, -0.05) is 22.0 Å². The van der Waals surface area contributed by atoms with Crippen molar-refractivity contribution in [2.45, 2.75) is 43.8 Å². The summed E-state index contributed by atoms with van der Waals surface area (Å²) >= 11 is 3.45. The summed E-state index contributed by atoms with van der Waals surface area (Å²) in [6.07, 6.45) is 7.94. The van der Waals surface area contributed by atoms with Crippen molar-refractivity contribution < 1.29 is 4.79 Å². The normalized spacial score (nSPS) is 25.1. The third kappa shape index (κ3) is 3.66. The van der Waals surface area contributed by atoms with E-state index in [2.05, 4.69) is 31.7 Å². The second-order valence-corrected chi connectivity index (χ2v) is 7.35. The van der Waals surface area contributed by atoms with Gasteiger partial charge in [0.25, 0.3) is 5.91 Å². The van der Waals surface area contributed by atoms with Gasteiger partial charge in [0.15, 0.2) is 0 Å². The molecule has 2 bridgehead atoms. The molecule has 128 valence electrons. The molecular weight excluding hydrogens is 392 g/mol. The Morgan fingerprint density at radius 1 is 1.29 bits per heavy atom. The average Bonchev–Trinajstić information content (AvgIpc) is 3.14. The molecule has 24 heavy (non-hydrogen) atoms. The molecule has 2 N–H and O–H groups in total. The Balaban J connectivity index is 0.00000169. The standard InChI is InChI=1S/C17H19BrN4O.ClH/c18-12-2-1-3-16(6-12)22-10-11(9-19-22)17(23)21-15-7-13-4-5-14(8-15)20-13;/h1-3,6,9-10,13-15,20H,4-5,7-8H2,(H,21,23);1H. The summed E-state index contributed by atoms with van der Waals surface area (Å²) in [6.45, 7) is 0. The summed E-state index contributed by atoms with van der Waals surface area (Å²) in [7, 11) is 0. The lowest BCUT2D eigenvalue weighted by Crippen LogP contribution is -2.47. The Labute approximate surface area is 155 Å². The number of benzene rings is 1. The molecule has 1 aromatic heterocycles. The number of hydrogen-bond acceptors (Lipinski definition) is 3. The Bertz CT molecular complexity index is 723. The zero-order valence-corrected chi connectivity index (χ0v) is 15.5. The average molecular weight is 412 g/mol. The van der Waals surface area contributed by atoms with Crippen LogP contribution in [0, 0.1) is 0 Å². The van der Waals surface area contributed by atoms with Gasteiger partial charge in [0.05, 0.1) is 17.4 Å². The van der Waals surface area contributed by atoms with Crippen molar-refractivity contribution in [3.05, 3.63) is 46.7 Å². The van der Waals surface area contributed by atoms with Crippen molar-refractivity contribution in [3.63, 3.8) is 0 Å². The highest BCUT2D eigenvalue weighted by Gasteiger charge is 2.34. The Morgan fingerprint density at radius 2 is 2.04 bits per heavy atom. The number of nitrogens with one attached hydrogen (secondary N) is 2. The van der Waals surface area contributed by atoms with Crippen molar-refractivity contribution in [2.75, 3.05) is 0 Å². The molecule has 2 aliphatic rings. The van der Waals surface area contributed by atoms with Crippen LogP contribution in [-0.4, -0.2) is 33.8 Å². The van der Waals surface area contributed by atoms with Crippen LogP contribution in [0.1, 0.15) is 36.0 Å². The van der Waals surface area contributed by atoms with Gasteiger partial charge in [0.1, 0.15) is 0 Å². The zero-order chi connectivity index (χ0) is 15.8. The highest BCUT2D eigenvalue weighted by atomic mass is 79.9. The van der Waals surface area contributed by atoms with Crippen LogP contribution in [-0.2, 0) is 0 Å². The molecule has 7 heteroatoms. The fourth-order valence-corrected chi connectivity index (χ4v) is 4.03. The van der Waals surface area contributed by atoms with E-state index in [0.717, 1.165) is 23.0 Å². The smallest absolute Gasteiger partial charge is 0.254 e. The van der Waals surface area contributed by atoms with Crippen LogP contribution >= 0.6 is 28.3 Å². The molecule has 1 aromatic carbocycles. The molecule has 3 heterocycles. The fraction of sp³-hybridized carbons (Fsp3) is 0.412. The maximum absolute atomic E-state index is 12.5. The molecule has 4 rings (SSSR count). The second kappa shape index (κ2) is 7.25. The number of piperidine rings is 1. The molecule has 2 fully saturated rings. The summed E-state index contributed by atoms with van der Waals surface area (Å²) in [6, 6.07) is 9.27. The molecule has 0 saturated carbocycles.